The zero-order valence-electron chi connectivity index (χ0n) is 15.7. The van der Waals surface area contributed by atoms with E-state index in [-0.39, 0.29) is 5.91 Å². The van der Waals surface area contributed by atoms with Crippen LogP contribution in [0.3, 0.4) is 0 Å². The molecule has 27 heavy (non-hydrogen) atoms. The lowest BCUT2D eigenvalue weighted by atomic mass is 10.1. The molecule has 0 radical (unpaired) electrons. The first-order valence-electron chi connectivity index (χ1n) is 8.54. The Morgan fingerprint density at radius 1 is 1.11 bits per heavy atom. The second-order valence-electron chi connectivity index (χ2n) is 6.36. The lowest BCUT2D eigenvalue weighted by Gasteiger charge is -2.16. The Morgan fingerprint density at radius 3 is 2.63 bits per heavy atom. The van der Waals surface area contributed by atoms with Crippen molar-refractivity contribution < 1.29 is 18.7 Å². The molecule has 0 aliphatic heterocycles. The Kier molecular flexibility index (Phi) is 5.16. The average molecular weight is 367 g/mol. The average Bonchev–Trinajstić information content (AvgIpc) is 2.61. The van der Waals surface area contributed by atoms with E-state index in [2.05, 4.69) is 5.32 Å². The fourth-order valence-electron chi connectivity index (χ4n) is 2.79. The van der Waals surface area contributed by atoms with Crippen LogP contribution in [0.4, 0.5) is 5.69 Å². The van der Waals surface area contributed by atoms with E-state index in [1.54, 1.807) is 38.3 Å². The van der Waals surface area contributed by atoms with Crippen molar-refractivity contribution >= 4 is 22.6 Å². The molecule has 1 unspecified atom stereocenters. The molecule has 0 saturated heterocycles. The molecule has 0 aliphatic rings. The summed E-state index contributed by atoms with van der Waals surface area (Å²) in [5.74, 6) is 0.698. The van der Waals surface area contributed by atoms with Crippen molar-refractivity contribution in [1.29, 1.82) is 0 Å². The molecule has 1 N–H and O–H groups in total. The fourth-order valence-corrected chi connectivity index (χ4v) is 2.79. The van der Waals surface area contributed by atoms with E-state index in [1.165, 1.54) is 6.07 Å². The molecular formula is C21H21NO5. The van der Waals surface area contributed by atoms with Crippen LogP contribution in [0.25, 0.3) is 11.0 Å². The minimum atomic E-state index is -0.760. The Labute approximate surface area is 156 Å². The second kappa shape index (κ2) is 7.53. The molecule has 3 aromatic rings. The molecule has 3 rings (SSSR count). The maximum atomic E-state index is 12.5. The number of rotatable bonds is 5. The maximum absolute atomic E-state index is 12.5. The van der Waals surface area contributed by atoms with Gasteiger partial charge in [0.2, 0.25) is 0 Å². The van der Waals surface area contributed by atoms with Gasteiger partial charge >= 0.3 is 5.63 Å². The van der Waals surface area contributed by atoms with Crippen molar-refractivity contribution in [1.82, 2.24) is 0 Å². The van der Waals surface area contributed by atoms with Crippen molar-refractivity contribution in [3.63, 3.8) is 0 Å². The number of amides is 1. The van der Waals surface area contributed by atoms with Gasteiger partial charge in [-0.25, -0.2) is 4.79 Å². The van der Waals surface area contributed by atoms with E-state index in [9.17, 15) is 9.59 Å². The molecule has 0 fully saturated rings. The summed E-state index contributed by atoms with van der Waals surface area (Å²) < 4.78 is 16.2. The Morgan fingerprint density at radius 2 is 1.89 bits per heavy atom. The number of methoxy groups -OCH3 is 1. The third-order valence-corrected chi connectivity index (χ3v) is 4.22. The van der Waals surface area contributed by atoms with E-state index in [4.69, 9.17) is 13.9 Å². The lowest BCUT2D eigenvalue weighted by Crippen LogP contribution is -2.30. The number of fused-ring (bicyclic) bond motifs is 1. The minimum absolute atomic E-state index is 0.315. The van der Waals surface area contributed by atoms with Crippen LogP contribution in [0.5, 0.6) is 11.5 Å². The Bertz CT molecular complexity index is 1050. The first-order chi connectivity index (χ1) is 12.9. The van der Waals surface area contributed by atoms with Gasteiger partial charge in [-0.3, -0.25) is 4.79 Å². The molecule has 0 spiro atoms. The molecule has 0 saturated carbocycles. The summed E-state index contributed by atoms with van der Waals surface area (Å²) in [5, 5.41) is 3.64. The summed E-state index contributed by atoms with van der Waals surface area (Å²) in [4.78, 5) is 24.1. The third-order valence-electron chi connectivity index (χ3n) is 4.22. The van der Waals surface area contributed by atoms with Crippen LogP contribution >= 0.6 is 0 Å². The standard InChI is InChI=1S/C21H21NO5/c1-12-5-8-18(25-4)17(9-12)22-21(24)14(3)26-15-6-7-16-13(2)10-20(23)27-19(16)11-15/h5-11,14H,1-4H3,(H,22,24). The normalized spacial score (nSPS) is 11.9. The fraction of sp³-hybridized carbons (Fsp3) is 0.238. The van der Waals surface area contributed by atoms with Crippen LogP contribution in [-0.2, 0) is 4.79 Å². The topological polar surface area (TPSA) is 77.8 Å². The molecule has 1 atom stereocenters. The van der Waals surface area contributed by atoms with Crippen molar-refractivity contribution in [2.45, 2.75) is 26.9 Å². The molecular weight excluding hydrogens is 346 g/mol. The van der Waals surface area contributed by atoms with Crippen molar-refractivity contribution in [3.05, 3.63) is 64.0 Å². The summed E-state index contributed by atoms with van der Waals surface area (Å²) in [6, 6.07) is 12.1. The molecule has 0 aliphatic carbocycles. The van der Waals surface area contributed by atoms with Gasteiger partial charge < -0.3 is 19.2 Å². The summed E-state index contributed by atoms with van der Waals surface area (Å²) in [6.07, 6.45) is -0.760. The predicted molar refractivity (Wildman–Crippen MR) is 104 cm³/mol. The predicted octanol–water partition coefficient (Wildman–Crippen LogP) is 3.82. The smallest absolute Gasteiger partial charge is 0.336 e. The van der Waals surface area contributed by atoms with E-state index >= 15 is 0 Å². The first kappa shape index (κ1) is 18.5. The van der Waals surface area contributed by atoms with Gasteiger partial charge in [-0.2, -0.15) is 0 Å². The SMILES string of the molecule is COc1ccc(C)cc1NC(=O)C(C)Oc1ccc2c(C)cc(=O)oc2c1. The van der Waals surface area contributed by atoms with Crippen molar-refractivity contribution in [2.24, 2.45) is 0 Å². The Hall–Kier alpha value is -3.28. The van der Waals surface area contributed by atoms with E-state index in [0.29, 0.717) is 22.8 Å². The van der Waals surface area contributed by atoms with Gasteiger partial charge in [-0.05, 0) is 56.2 Å². The summed E-state index contributed by atoms with van der Waals surface area (Å²) in [7, 11) is 1.55. The van der Waals surface area contributed by atoms with Crippen LogP contribution in [0.15, 0.2) is 51.7 Å². The van der Waals surface area contributed by atoms with Crippen LogP contribution in [0.1, 0.15) is 18.1 Å². The van der Waals surface area contributed by atoms with E-state index in [0.717, 1.165) is 16.5 Å². The molecule has 2 aromatic carbocycles. The van der Waals surface area contributed by atoms with Gasteiger partial charge in [0.05, 0.1) is 12.8 Å². The van der Waals surface area contributed by atoms with Crippen LogP contribution in [0, 0.1) is 13.8 Å². The van der Waals surface area contributed by atoms with E-state index < -0.39 is 11.7 Å². The van der Waals surface area contributed by atoms with Gasteiger partial charge in [-0.1, -0.05) is 6.07 Å². The van der Waals surface area contributed by atoms with Crippen LogP contribution in [0.2, 0.25) is 0 Å². The lowest BCUT2D eigenvalue weighted by molar-refractivity contribution is -0.122. The molecule has 1 amide bonds. The van der Waals surface area contributed by atoms with Crippen LogP contribution < -0.4 is 20.4 Å². The minimum Gasteiger partial charge on any atom is -0.495 e. The summed E-state index contributed by atoms with van der Waals surface area (Å²) >= 11 is 0. The Balaban J connectivity index is 1.78. The zero-order valence-corrected chi connectivity index (χ0v) is 15.7. The molecule has 0 bridgehead atoms. The van der Waals surface area contributed by atoms with Gasteiger partial charge in [0.25, 0.3) is 5.91 Å². The summed E-state index contributed by atoms with van der Waals surface area (Å²) in [6.45, 7) is 5.42. The monoisotopic (exact) mass is 367 g/mol. The largest absolute Gasteiger partial charge is 0.495 e. The van der Waals surface area contributed by atoms with Gasteiger partial charge in [0, 0.05) is 17.5 Å². The number of hydrogen-bond acceptors (Lipinski definition) is 5. The highest BCUT2D eigenvalue weighted by Gasteiger charge is 2.17. The molecule has 6 heteroatoms. The van der Waals surface area contributed by atoms with Crippen molar-refractivity contribution in [3.8, 4) is 11.5 Å². The third kappa shape index (κ3) is 4.11. The first-order valence-corrected chi connectivity index (χ1v) is 8.54. The highest BCUT2D eigenvalue weighted by atomic mass is 16.5. The number of nitrogens with one attached hydrogen (secondary N) is 1. The molecule has 140 valence electrons. The number of anilines is 1. The number of aryl methyl sites for hydroxylation is 2. The number of benzene rings is 2. The molecule has 1 heterocycles. The summed E-state index contributed by atoms with van der Waals surface area (Å²) in [5.41, 5.74) is 2.41. The second-order valence-corrected chi connectivity index (χ2v) is 6.36. The number of carbonyl (C=O) groups excluding carboxylic acids is 1. The number of carbonyl (C=O) groups is 1. The number of hydrogen-bond donors (Lipinski definition) is 1. The molecule has 6 nitrogen and oxygen atoms in total. The van der Waals surface area contributed by atoms with E-state index in [1.807, 2.05) is 26.0 Å². The molecule has 1 aromatic heterocycles. The number of ether oxygens (including phenoxy) is 2. The van der Waals surface area contributed by atoms with Crippen molar-refractivity contribution in [2.75, 3.05) is 12.4 Å². The van der Waals surface area contributed by atoms with Gasteiger partial charge in [0.15, 0.2) is 6.10 Å². The maximum Gasteiger partial charge on any atom is 0.336 e. The zero-order chi connectivity index (χ0) is 19.6. The quantitative estimate of drug-likeness (QED) is 0.694. The highest BCUT2D eigenvalue weighted by molar-refractivity contribution is 5.95. The van der Waals surface area contributed by atoms with Gasteiger partial charge in [-0.15, -0.1) is 0 Å². The van der Waals surface area contributed by atoms with Crippen LogP contribution in [-0.4, -0.2) is 19.1 Å². The highest BCUT2D eigenvalue weighted by Crippen LogP contribution is 2.26. The van der Waals surface area contributed by atoms with Gasteiger partial charge in [0.1, 0.15) is 17.1 Å².